The number of rotatable bonds is 6. The summed E-state index contributed by atoms with van der Waals surface area (Å²) in [6.45, 7) is 3.92. The molecular weight excluding hydrogens is 212 g/mol. The van der Waals surface area contributed by atoms with Crippen LogP contribution in [0.25, 0.3) is 0 Å². The van der Waals surface area contributed by atoms with Gasteiger partial charge in [0.25, 0.3) is 0 Å². The van der Waals surface area contributed by atoms with Gasteiger partial charge in [0.05, 0.1) is 0 Å². The van der Waals surface area contributed by atoms with E-state index in [1.54, 1.807) is 7.11 Å². The molecule has 1 heterocycles. The van der Waals surface area contributed by atoms with Crippen molar-refractivity contribution in [2.24, 2.45) is 0 Å². The Bertz CT molecular complexity index is 349. The van der Waals surface area contributed by atoms with Gasteiger partial charge in [0, 0.05) is 7.11 Å². The molecule has 6 nitrogen and oxygen atoms in total. The van der Waals surface area contributed by atoms with Crippen LogP contribution in [0.3, 0.4) is 0 Å². The van der Waals surface area contributed by atoms with Gasteiger partial charge in [-0.15, -0.1) is 0 Å². The summed E-state index contributed by atoms with van der Waals surface area (Å²) in [6.07, 6.45) is 1.14. The zero-order valence-corrected chi connectivity index (χ0v) is 9.69. The number of hydrogen-bond acceptors (Lipinski definition) is 5. The van der Waals surface area contributed by atoms with Crippen LogP contribution in [0.2, 0.25) is 0 Å². The van der Waals surface area contributed by atoms with Gasteiger partial charge in [0.1, 0.15) is 12.0 Å². The summed E-state index contributed by atoms with van der Waals surface area (Å²) in [5.41, 5.74) is -0.583. The summed E-state index contributed by atoms with van der Waals surface area (Å²) >= 11 is 0. The fourth-order valence-electron chi connectivity index (χ4n) is 1.59. The molecule has 0 aromatic carbocycles. The van der Waals surface area contributed by atoms with Gasteiger partial charge >= 0.3 is 5.97 Å². The van der Waals surface area contributed by atoms with Gasteiger partial charge < -0.3 is 14.4 Å². The van der Waals surface area contributed by atoms with E-state index >= 15 is 0 Å². The largest absolute Gasteiger partial charge is 0.481 e. The van der Waals surface area contributed by atoms with Crippen molar-refractivity contribution in [3.8, 4) is 0 Å². The number of ether oxygens (including phenoxy) is 1. The van der Waals surface area contributed by atoms with Crippen molar-refractivity contribution >= 4 is 5.97 Å². The van der Waals surface area contributed by atoms with Gasteiger partial charge in [-0.25, -0.2) is 0 Å². The van der Waals surface area contributed by atoms with E-state index in [9.17, 15) is 4.79 Å². The van der Waals surface area contributed by atoms with E-state index in [1.807, 2.05) is 13.8 Å². The van der Waals surface area contributed by atoms with E-state index in [2.05, 4.69) is 10.1 Å². The highest BCUT2D eigenvalue weighted by atomic mass is 16.5. The molecule has 0 spiro atoms. The third kappa shape index (κ3) is 2.38. The normalized spacial score (nSPS) is 11.7. The second kappa shape index (κ2) is 5.07. The highest BCUT2D eigenvalue weighted by molar-refractivity contribution is 5.68. The molecule has 0 saturated heterocycles. The summed E-state index contributed by atoms with van der Waals surface area (Å²) in [5.74, 6) is -0.478. The van der Waals surface area contributed by atoms with Crippen molar-refractivity contribution in [1.29, 1.82) is 0 Å². The standard InChI is InChI=1S/C10H16N2O4/c1-4-10(5-2,15-3)9-11-7(16-12-9)6-8(13)14/h4-6H2,1-3H3,(H,13,14). The Morgan fingerprint density at radius 2 is 2.12 bits per heavy atom. The number of carboxylic acid groups (broad SMARTS) is 1. The van der Waals surface area contributed by atoms with Gasteiger partial charge in [-0.1, -0.05) is 19.0 Å². The quantitative estimate of drug-likeness (QED) is 0.791. The van der Waals surface area contributed by atoms with Crippen molar-refractivity contribution in [1.82, 2.24) is 10.1 Å². The first kappa shape index (κ1) is 12.6. The predicted molar refractivity (Wildman–Crippen MR) is 54.9 cm³/mol. The molecule has 0 unspecified atom stereocenters. The van der Waals surface area contributed by atoms with Crippen LogP contribution in [0.5, 0.6) is 0 Å². The monoisotopic (exact) mass is 228 g/mol. The van der Waals surface area contributed by atoms with Crippen LogP contribution in [-0.4, -0.2) is 28.3 Å². The average Bonchev–Trinajstić information content (AvgIpc) is 2.70. The van der Waals surface area contributed by atoms with Gasteiger partial charge in [0.15, 0.2) is 0 Å². The third-order valence-corrected chi connectivity index (χ3v) is 2.71. The Kier molecular flexibility index (Phi) is 4.00. The van der Waals surface area contributed by atoms with Crippen LogP contribution >= 0.6 is 0 Å². The first-order valence-electron chi connectivity index (χ1n) is 5.18. The minimum absolute atomic E-state index is 0.103. The Balaban J connectivity index is 2.94. The minimum atomic E-state index is -0.994. The molecule has 1 N–H and O–H groups in total. The second-order valence-electron chi connectivity index (χ2n) is 3.49. The molecular formula is C10H16N2O4. The lowest BCUT2D eigenvalue weighted by molar-refractivity contribution is -0.136. The van der Waals surface area contributed by atoms with E-state index in [0.717, 1.165) is 0 Å². The van der Waals surface area contributed by atoms with Gasteiger partial charge in [0.2, 0.25) is 11.7 Å². The lowest BCUT2D eigenvalue weighted by Crippen LogP contribution is -2.28. The maximum absolute atomic E-state index is 10.5. The number of aliphatic carboxylic acids is 1. The van der Waals surface area contributed by atoms with E-state index < -0.39 is 11.6 Å². The van der Waals surface area contributed by atoms with Crippen LogP contribution in [0.15, 0.2) is 4.52 Å². The lowest BCUT2D eigenvalue weighted by Gasteiger charge is -2.25. The number of nitrogens with zero attached hydrogens (tertiary/aromatic N) is 2. The van der Waals surface area contributed by atoms with Crippen LogP contribution in [0.1, 0.15) is 38.4 Å². The maximum Gasteiger partial charge on any atom is 0.312 e. The van der Waals surface area contributed by atoms with Crippen molar-refractivity contribution < 1.29 is 19.2 Å². The van der Waals surface area contributed by atoms with Crippen molar-refractivity contribution in [3.63, 3.8) is 0 Å². The number of carbonyl (C=O) groups is 1. The molecule has 0 aliphatic carbocycles. The summed E-state index contributed by atoms with van der Waals surface area (Å²) in [5, 5.41) is 12.4. The molecule has 0 bridgehead atoms. The molecule has 0 amide bonds. The number of methoxy groups -OCH3 is 1. The number of aromatic nitrogens is 2. The first-order chi connectivity index (χ1) is 7.57. The molecule has 0 atom stereocenters. The third-order valence-electron chi connectivity index (χ3n) is 2.71. The fraction of sp³-hybridized carbons (Fsp3) is 0.700. The van der Waals surface area contributed by atoms with Crippen LogP contribution in [0, 0.1) is 0 Å². The van der Waals surface area contributed by atoms with E-state index in [4.69, 9.17) is 14.4 Å². The maximum atomic E-state index is 10.5. The van der Waals surface area contributed by atoms with Crippen LogP contribution in [-0.2, 0) is 21.6 Å². The van der Waals surface area contributed by atoms with Gasteiger partial charge in [-0.3, -0.25) is 4.79 Å². The van der Waals surface area contributed by atoms with Crippen molar-refractivity contribution in [2.75, 3.05) is 7.11 Å². The molecule has 90 valence electrons. The smallest absolute Gasteiger partial charge is 0.312 e. The van der Waals surface area contributed by atoms with E-state index in [0.29, 0.717) is 18.7 Å². The molecule has 1 aromatic heterocycles. The molecule has 6 heteroatoms. The number of carboxylic acids is 1. The Labute approximate surface area is 93.6 Å². The molecule has 0 aliphatic rings. The summed E-state index contributed by atoms with van der Waals surface area (Å²) in [4.78, 5) is 14.5. The average molecular weight is 228 g/mol. The minimum Gasteiger partial charge on any atom is -0.481 e. The Hall–Kier alpha value is -1.43. The Morgan fingerprint density at radius 1 is 1.50 bits per heavy atom. The van der Waals surface area contributed by atoms with Crippen molar-refractivity contribution in [2.45, 2.75) is 38.7 Å². The lowest BCUT2D eigenvalue weighted by atomic mass is 9.96. The molecule has 0 saturated carbocycles. The number of hydrogen-bond donors (Lipinski definition) is 1. The van der Waals surface area contributed by atoms with E-state index in [1.165, 1.54) is 0 Å². The Morgan fingerprint density at radius 3 is 2.56 bits per heavy atom. The zero-order chi connectivity index (χ0) is 12.2. The van der Waals surface area contributed by atoms with Gasteiger partial charge in [-0.05, 0) is 12.8 Å². The highest BCUT2D eigenvalue weighted by Gasteiger charge is 2.33. The van der Waals surface area contributed by atoms with Crippen LogP contribution in [0.4, 0.5) is 0 Å². The zero-order valence-electron chi connectivity index (χ0n) is 9.69. The topological polar surface area (TPSA) is 85.5 Å². The summed E-state index contributed by atoms with van der Waals surface area (Å²) in [7, 11) is 1.58. The second-order valence-corrected chi connectivity index (χ2v) is 3.49. The summed E-state index contributed by atoms with van der Waals surface area (Å²) < 4.78 is 10.3. The van der Waals surface area contributed by atoms with E-state index in [-0.39, 0.29) is 12.3 Å². The highest BCUT2D eigenvalue weighted by Crippen LogP contribution is 2.29. The molecule has 0 fully saturated rings. The molecule has 1 rings (SSSR count). The van der Waals surface area contributed by atoms with Crippen LogP contribution < -0.4 is 0 Å². The predicted octanol–water partition coefficient (Wildman–Crippen LogP) is 1.36. The van der Waals surface area contributed by atoms with Crippen molar-refractivity contribution in [3.05, 3.63) is 11.7 Å². The molecule has 0 radical (unpaired) electrons. The fourth-order valence-corrected chi connectivity index (χ4v) is 1.59. The van der Waals surface area contributed by atoms with Gasteiger partial charge in [-0.2, -0.15) is 4.98 Å². The summed E-state index contributed by atoms with van der Waals surface area (Å²) in [6, 6.07) is 0. The molecule has 16 heavy (non-hydrogen) atoms. The molecule has 1 aromatic rings. The SMILES string of the molecule is CCC(CC)(OC)c1noc(CC(=O)O)n1. The molecule has 0 aliphatic heterocycles. The first-order valence-corrected chi connectivity index (χ1v) is 5.18.